The summed E-state index contributed by atoms with van der Waals surface area (Å²) in [4.78, 5) is 21.7. The minimum atomic E-state index is -0.759. The second-order valence-corrected chi connectivity index (χ2v) is 3.55. The molecule has 0 spiro atoms. The van der Waals surface area contributed by atoms with Gasteiger partial charge in [-0.2, -0.15) is 0 Å². The molecule has 80 valence electrons. The van der Waals surface area contributed by atoms with Gasteiger partial charge in [0.05, 0.1) is 5.92 Å². The van der Waals surface area contributed by atoms with Crippen LogP contribution in [-0.2, 0) is 4.79 Å². The number of amides is 2. The van der Waals surface area contributed by atoms with E-state index in [0.717, 1.165) is 6.42 Å². The summed E-state index contributed by atoms with van der Waals surface area (Å²) in [6.07, 6.45) is 1.97. The first-order valence-corrected chi connectivity index (χ1v) is 4.90. The van der Waals surface area contributed by atoms with Crippen molar-refractivity contribution in [2.75, 3.05) is 6.54 Å². The molecule has 0 aromatic heterocycles. The van der Waals surface area contributed by atoms with Crippen LogP contribution in [-0.4, -0.2) is 29.7 Å². The smallest absolute Gasteiger partial charge is 0.314 e. The van der Waals surface area contributed by atoms with E-state index >= 15 is 0 Å². The second-order valence-electron chi connectivity index (χ2n) is 3.55. The lowest BCUT2D eigenvalue weighted by molar-refractivity contribution is -0.141. The third-order valence-electron chi connectivity index (χ3n) is 2.45. The molecule has 5 nitrogen and oxygen atoms in total. The molecule has 1 rings (SSSR count). The normalized spacial score (nSPS) is 25.8. The monoisotopic (exact) mass is 200 g/mol. The Bertz CT molecular complexity index is 230. The fourth-order valence-corrected chi connectivity index (χ4v) is 1.73. The number of aliphatic carboxylic acids is 1. The fraction of sp³-hybridized carbons (Fsp3) is 0.778. The van der Waals surface area contributed by atoms with Crippen LogP contribution >= 0.6 is 0 Å². The summed E-state index contributed by atoms with van der Waals surface area (Å²) in [6.45, 7) is 2.43. The summed E-state index contributed by atoms with van der Waals surface area (Å²) in [5, 5.41) is 14.1. The summed E-state index contributed by atoms with van der Waals surface area (Å²) < 4.78 is 0. The molecular weight excluding hydrogens is 184 g/mol. The quantitative estimate of drug-likeness (QED) is 0.622. The minimum absolute atomic E-state index is 0.0163. The van der Waals surface area contributed by atoms with Crippen molar-refractivity contribution in [3.05, 3.63) is 0 Å². The highest BCUT2D eigenvalue weighted by atomic mass is 16.4. The van der Waals surface area contributed by atoms with E-state index in [1.54, 1.807) is 0 Å². The molecule has 0 bridgehead atoms. The van der Waals surface area contributed by atoms with Gasteiger partial charge in [0.1, 0.15) is 0 Å². The van der Waals surface area contributed by atoms with Crippen molar-refractivity contribution in [3.63, 3.8) is 0 Å². The molecule has 5 heteroatoms. The van der Waals surface area contributed by atoms with E-state index in [-0.39, 0.29) is 18.0 Å². The molecule has 0 saturated heterocycles. The first-order chi connectivity index (χ1) is 6.63. The summed E-state index contributed by atoms with van der Waals surface area (Å²) in [7, 11) is 0. The molecule has 0 heterocycles. The van der Waals surface area contributed by atoms with Gasteiger partial charge in [-0.3, -0.25) is 4.79 Å². The molecule has 0 aromatic carbocycles. The van der Waals surface area contributed by atoms with Crippen LogP contribution in [0.2, 0.25) is 0 Å². The maximum absolute atomic E-state index is 11.1. The molecule has 0 aromatic rings. The van der Waals surface area contributed by atoms with Crippen molar-refractivity contribution in [3.8, 4) is 0 Å². The zero-order chi connectivity index (χ0) is 10.6. The minimum Gasteiger partial charge on any atom is -0.481 e. The van der Waals surface area contributed by atoms with Crippen molar-refractivity contribution in [1.82, 2.24) is 10.6 Å². The molecule has 2 amide bonds. The number of hydrogen-bond acceptors (Lipinski definition) is 2. The van der Waals surface area contributed by atoms with Crippen molar-refractivity contribution in [2.45, 2.75) is 32.2 Å². The van der Waals surface area contributed by atoms with Gasteiger partial charge < -0.3 is 15.7 Å². The van der Waals surface area contributed by atoms with Crippen molar-refractivity contribution < 1.29 is 14.7 Å². The SMILES string of the molecule is CCNC(=O)N[C@@H]1CC[C@H](C(=O)O)C1. The third kappa shape index (κ3) is 2.90. The maximum atomic E-state index is 11.1. The van der Waals surface area contributed by atoms with E-state index in [0.29, 0.717) is 19.4 Å². The van der Waals surface area contributed by atoms with Crippen LogP contribution in [0.25, 0.3) is 0 Å². The number of urea groups is 1. The van der Waals surface area contributed by atoms with Gasteiger partial charge in [-0.15, -0.1) is 0 Å². The standard InChI is InChI=1S/C9H16N2O3/c1-2-10-9(14)11-7-4-3-6(5-7)8(12)13/h6-7H,2-5H2,1H3,(H,12,13)(H2,10,11,14)/t6-,7+/m0/s1. The number of hydrogen-bond donors (Lipinski definition) is 3. The largest absolute Gasteiger partial charge is 0.481 e. The molecule has 3 N–H and O–H groups in total. The number of carboxylic acid groups (broad SMARTS) is 1. The van der Waals surface area contributed by atoms with E-state index in [4.69, 9.17) is 5.11 Å². The zero-order valence-corrected chi connectivity index (χ0v) is 8.25. The summed E-state index contributed by atoms with van der Waals surface area (Å²) in [5.41, 5.74) is 0. The number of carbonyl (C=O) groups excluding carboxylic acids is 1. The van der Waals surface area contributed by atoms with E-state index < -0.39 is 5.97 Å². The second kappa shape index (κ2) is 4.83. The van der Waals surface area contributed by atoms with Gasteiger partial charge in [0.25, 0.3) is 0 Å². The van der Waals surface area contributed by atoms with E-state index in [9.17, 15) is 9.59 Å². The molecule has 2 atom stereocenters. The van der Waals surface area contributed by atoms with Crippen molar-refractivity contribution in [1.29, 1.82) is 0 Å². The Kier molecular flexibility index (Phi) is 3.73. The predicted octanol–water partition coefficient (Wildman–Crippen LogP) is 0.559. The van der Waals surface area contributed by atoms with E-state index in [1.165, 1.54) is 0 Å². The van der Waals surface area contributed by atoms with Gasteiger partial charge >= 0.3 is 12.0 Å². The van der Waals surface area contributed by atoms with Crippen LogP contribution < -0.4 is 10.6 Å². The van der Waals surface area contributed by atoms with Gasteiger partial charge in [0.2, 0.25) is 0 Å². The van der Waals surface area contributed by atoms with Crippen LogP contribution in [0, 0.1) is 5.92 Å². The number of carbonyl (C=O) groups is 2. The van der Waals surface area contributed by atoms with Gasteiger partial charge in [-0.05, 0) is 26.2 Å². The average Bonchev–Trinajstić information content (AvgIpc) is 2.53. The number of nitrogens with one attached hydrogen (secondary N) is 2. The predicted molar refractivity (Wildman–Crippen MR) is 51.0 cm³/mol. The van der Waals surface area contributed by atoms with E-state index in [2.05, 4.69) is 10.6 Å². The Hall–Kier alpha value is -1.26. The van der Waals surface area contributed by atoms with Gasteiger partial charge in [0, 0.05) is 12.6 Å². The van der Waals surface area contributed by atoms with Crippen LogP contribution in [0.15, 0.2) is 0 Å². The topological polar surface area (TPSA) is 78.4 Å². The van der Waals surface area contributed by atoms with Gasteiger partial charge in [-0.25, -0.2) is 4.79 Å². The summed E-state index contributed by atoms with van der Waals surface area (Å²) >= 11 is 0. The molecule has 1 aliphatic carbocycles. The van der Waals surface area contributed by atoms with Crippen LogP contribution in [0.3, 0.4) is 0 Å². The van der Waals surface area contributed by atoms with E-state index in [1.807, 2.05) is 6.92 Å². The highest BCUT2D eigenvalue weighted by Crippen LogP contribution is 2.25. The Labute approximate surface area is 82.9 Å². The maximum Gasteiger partial charge on any atom is 0.314 e. The Morgan fingerprint density at radius 1 is 1.43 bits per heavy atom. The number of rotatable bonds is 3. The Morgan fingerprint density at radius 2 is 2.14 bits per heavy atom. The lowest BCUT2D eigenvalue weighted by Gasteiger charge is -2.12. The molecule has 14 heavy (non-hydrogen) atoms. The highest BCUT2D eigenvalue weighted by molar-refractivity contribution is 5.75. The molecule has 0 radical (unpaired) electrons. The lowest BCUT2D eigenvalue weighted by Crippen LogP contribution is -2.41. The van der Waals surface area contributed by atoms with Crippen molar-refractivity contribution in [2.24, 2.45) is 5.92 Å². The molecule has 0 unspecified atom stereocenters. The van der Waals surface area contributed by atoms with Crippen LogP contribution in [0.1, 0.15) is 26.2 Å². The Morgan fingerprint density at radius 3 is 2.64 bits per heavy atom. The van der Waals surface area contributed by atoms with Gasteiger partial charge in [0.15, 0.2) is 0 Å². The summed E-state index contributed by atoms with van der Waals surface area (Å²) in [6, 6.07) is -0.189. The molecule has 1 saturated carbocycles. The molecular formula is C9H16N2O3. The van der Waals surface area contributed by atoms with Gasteiger partial charge in [-0.1, -0.05) is 0 Å². The molecule has 1 aliphatic rings. The molecule has 0 aliphatic heterocycles. The summed E-state index contributed by atoms with van der Waals surface area (Å²) in [5.74, 6) is -1.05. The van der Waals surface area contributed by atoms with Crippen molar-refractivity contribution >= 4 is 12.0 Å². The number of carboxylic acids is 1. The van der Waals surface area contributed by atoms with Crippen LogP contribution in [0.4, 0.5) is 4.79 Å². The Balaban J connectivity index is 2.28. The lowest BCUT2D eigenvalue weighted by atomic mass is 10.1. The fourth-order valence-electron chi connectivity index (χ4n) is 1.73. The zero-order valence-electron chi connectivity index (χ0n) is 8.25. The first-order valence-electron chi connectivity index (χ1n) is 4.90. The highest BCUT2D eigenvalue weighted by Gasteiger charge is 2.30. The average molecular weight is 200 g/mol. The third-order valence-corrected chi connectivity index (χ3v) is 2.45. The molecule has 1 fully saturated rings. The van der Waals surface area contributed by atoms with Crippen LogP contribution in [0.5, 0.6) is 0 Å². The first kappa shape index (κ1) is 10.8.